The molecule has 0 saturated heterocycles. The fraction of sp³-hybridized carbons (Fsp3) is 0.926. The van der Waals surface area contributed by atoms with Gasteiger partial charge in [-0.1, -0.05) is 46.3 Å². The van der Waals surface area contributed by atoms with Gasteiger partial charge < -0.3 is 9.79 Å². The van der Waals surface area contributed by atoms with Gasteiger partial charge in [-0.25, -0.2) is 9.13 Å². The first-order chi connectivity index (χ1) is 16.4. The van der Waals surface area contributed by atoms with Crippen molar-refractivity contribution in [1.29, 1.82) is 0 Å². The molecule has 0 aliphatic heterocycles. The molecule has 0 aromatic rings. The van der Waals surface area contributed by atoms with E-state index in [2.05, 4.69) is 26.8 Å². The van der Waals surface area contributed by atoms with E-state index >= 15 is 0 Å². The number of hydrogen-bond donors (Lipinski definition) is 2. The zero-order valence-corrected chi connectivity index (χ0v) is 24.0. The smallest absolute Gasteiger partial charge is 0.303 e. The van der Waals surface area contributed by atoms with Crippen molar-refractivity contribution < 1.29 is 28.0 Å². The molecule has 8 heteroatoms. The van der Waals surface area contributed by atoms with E-state index in [0.717, 1.165) is 43.4 Å². The summed E-state index contributed by atoms with van der Waals surface area (Å²) in [6.07, 6.45) is 13.3. The lowest BCUT2D eigenvalue weighted by molar-refractivity contribution is -0.0561. The highest BCUT2D eigenvalue weighted by Crippen LogP contribution is 2.67. The molecule has 4 aliphatic carbocycles. The second-order valence-electron chi connectivity index (χ2n) is 13.0. The Balaban J connectivity index is 1.44. The van der Waals surface area contributed by atoms with E-state index in [1.54, 1.807) is 5.57 Å². The maximum atomic E-state index is 11.4. The first-order valence-corrected chi connectivity index (χ1v) is 16.1. The normalized spacial score (nSPS) is 41.1. The molecule has 0 unspecified atom stereocenters. The van der Waals surface area contributed by atoms with Gasteiger partial charge in [0.25, 0.3) is 0 Å². The van der Waals surface area contributed by atoms with Crippen molar-refractivity contribution in [2.24, 2.45) is 46.3 Å². The van der Waals surface area contributed by atoms with Crippen molar-refractivity contribution in [2.45, 2.75) is 111 Å². The molecule has 2 N–H and O–H groups in total. The molecule has 3 fully saturated rings. The third-order valence-corrected chi connectivity index (χ3v) is 11.9. The third kappa shape index (κ3) is 5.55. The molecule has 0 bridgehead atoms. The Labute approximate surface area is 213 Å². The van der Waals surface area contributed by atoms with Gasteiger partial charge in [0.1, 0.15) is 0 Å². The van der Waals surface area contributed by atoms with E-state index in [1.165, 1.54) is 32.1 Å². The SMILES string of the molecule is CC(C)[C@H](CC[C@@H](C)[C@H]1CC[C@H]2[C@@H]3CC=C4C[C@@H](OP=O)CC[C@]4(C)[C@H]3CC[C@]12C)OP(=O)(O)O. The number of rotatable bonds is 9. The fourth-order valence-corrected chi connectivity index (χ4v) is 10.1. The summed E-state index contributed by atoms with van der Waals surface area (Å²) in [5.41, 5.74) is 2.16. The van der Waals surface area contributed by atoms with Crippen LogP contribution >= 0.6 is 16.5 Å². The van der Waals surface area contributed by atoms with Crippen LogP contribution in [0.1, 0.15) is 98.8 Å². The van der Waals surface area contributed by atoms with Crippen LogP contribution in [-0.2, 0) is 18.2 Å². The number of allylic oxidation sites excluding steroid dienone is 1. The maximum absolute atomic E-state index is 11.4. The van der Waals surface area contributed by atoms with E-state index in [0.29, 0.717) is 23.7 Å². The molecule has 0 aromatic heterocycles. The zero-order chi connectivity index (χ0) is 25.6. The van der Waals surface area contributed by atoms with Crippen LogP contribution in [0.3, 0.4) is 0 Å². The van der Waals surface area contributed by atoms with E-state index in [9.17, 15) is 18.9 Å². The molecule has 4 aliphatic rings. The zero-order valence-electron chi connectivity index (χ0n) is 22.2. The molecule has 4 rings (SSSR count). The largest absolute Gasteiger partial charge is 0.469 e. The summed E-state index contributed by atoms with van der Waals surface area (Å²) in [5.74, 6) is 3.50. The van der Waals surface area contributed by atoms with E-state index in [1.807, 2.05) is 13.8 Å². The molecule has 0 radical (unpaired) electrons. The summed E-state index contributed by atoms with van der Waals surface area (Å²) in [6, 6.07) is 0. The van der Waals surface area contributed by atoms with Crippen LogP contribution in [-0.4, -0.2) is 22.0 Å². The monoisotopic (exact) mass is 528 g/mol. The molecule has 0 aromatic carbocycles. The Hall–Kier alpha value is -0.0900. The van der Waals surface area contributed by atoms with Crippen LogP contribution < -0.4 is 0 Å². The first-order valence-electron chi connectivity index (χ1n) is 13.8. The molecular weight excluding hydrogens is 482 g/mol. The summed E-state index contributed by atoms with van der Waals surface area (Å²) in [4.78, 5) is 18.7. The molecule has 0 spiro atoms. The van der Waals surface area contributed by atoms with Crippen LogP contribution in [0.4, 0.5) is 0 Å². The molecule has 0 heterocycles. The van der Waals surface area contributed by atoms with Gasteiger partial charge in [-0.3, -0.25) is 9.05 Å². The molecule has 9 atom stereocenters. The van der Waals surface area contributed by atoms with Crippen LogP contribution in [0.15, 0.2) is 11.6 Å². The van der Waals surface area contributed by atoms with Crippen molar-refractivity contribution in [3.63, 3.8) is 0 Å². The molecular formula is C27H46O6P2. The molecule has 200 valence electrons. The predicted octanol–water partition coefficient (Wildman–Crippen LogP) is 7.71. The van der Waals surface area contributed by atoms with Crippen LogP contribution in [0.2, 0.25) is 0 Å². The summed E-state index contributed by atoms with van der Waals surface area (Å²) in [6.45, 7) is 11.4. The third-order valence-electron chi connectivity index (χ3n) is 10.9. The Bertz CT molecular complexity index is 855. The van der Waals surface area contributed by atoms with Crippen molar-refractivity contribution >= 4 is 16.5 Å². The summed E-state index contributed by atoms with van der Waals surface area (Å²) >= 11 is 0. The van der Waals surface area contributed by atoms with Gasteiger partial charge in [-0.2, -0.15) is 0 Å². The molecule has 0 amide bonds. The minimum Gasteiger partial charge on any atom is -0.303 e. The van der Waals surface area contributed by atoms with Crippen LogP contribution in [0, 0.1) is 46.3 Å². The van der Waals surface area contributed by atoms with Gasteiger partial charge in [-0.05, 0) is 111 Å². The van der Waals surface area contributed by atoms with Gasteiger partial charge in [0.05, 0.1) is 12.2 Å². The summed E-state index contributed by atoms with van der Waals surface area (Å²) in [7, 11) is -4.66. The van der Waals surface area contributed by atoms with Gasteiger partial charge in [0, 0.05) is 0 Å². The van der Waals surface area contributed by atoms with Gasteiger partial charge in [0.2, 0.25) is 0 Å². The van der Waals surface area contributed by atoms with Gasteiger partial charge >= 0.3 is 16.5 Å². The topological polar surface area (TPSA) is 93.1 Å². The van der Waals surface area contributed by atoms with Crippen molar-refractivity contribution in [2.75, 3.05) is 0 Å². The summed E-state index contributed by atoms with van der Waals surface area (Å²) < 4.78 is 33.0. The average molecular weight is 529 g/mol. The van der Waals surface area contributed by atoms with Gasteiger partial charge in [0.15, 0.2) is 0 Å². The lowest BCUT2D eigenvalue weighted by Crippen LogP contribution is -2.50. The Kier molecular flexibility index (Phi) is 8.45. The lowest BCUT2D eigenvalue weighted by atomic mass is 9.47. The van der Waals surface area contributed by atoms with Crippen molar-refractivity contribution in [3.8, 4) is 0 Å². The van der Waals surface area contributed by atoms with Gasteiger partial charge in [-0.15, -0.1) is 0 Å². The van der Waals surface area contributed by atoms with E-state index in [4.69, 9.17) is 9.05 Å². The number of fused-ring (bicyclic) bond motifs is 5. The quantitative estimate of drug-likeness (QED) is 0.235. The minimum atomic E-state index is -4.47. The fourth-order valence-electron chi connectivity index (χ4n) is 9.07. The highest BCUT2D eigenvalue weighted by Gasteiger charge is 2.59. The maximum Gasteiger partial charge on any atom is 0.469 e. The molecule has 6 nitrogen and oxygen atoms in total. The first kappa shape index (κ1) is 27.9. The Morgan fingerprint density at radius 2 is 1.83 bits per heavy atom. The van der Waals surface area contributed by atoms with E-state index in [-0.39, 0.29) is 26.1 Å². The predicted molar refractivity (Wildman–Crippen MR) is 138 cm³/mol. The Morgan fingerprint density at radius 3 is 2.49 bits per heavy atom. The second kappa shape index (κ2) is 10.6. The number of phosphoric acid groups is 1. The second-order valence-corrected chi connectivity index (χ2v) is 14.5. The number of hydrogen-bond acceptors (Lipinski definition) is 4. The minimum absolute atomic E-state index is 0.0785. The molecule has 35 heavy (non-hydrogen) atoms. The van der Waals surface area contributed by atoms with Crippen molar-refractivity contribution in [3.05, 3.63) is 11.6 Å². The Morgan fingerprint density at radius 1 is 1.09 bits per heavy atom. The lowest BCUT2D eigenvalue weighted by Gasteiger charge is -2.58. The van der Waals surface area contributed by atoms with Crippen LogP contribution in [0.25, 0.3) is 0 Å². The summed E-state index contributed by atoms with van der Waals surface area (Å²) in [5, 5.41) is 0. The average Bonchev–Trinajstić information content (AvgIpc) is 3.13. The highest BCUT2D eigenvalue weighted by atomic mass is 31.2. The van der Waals surface area contributed by atoms with E-state index < -0.39 is 13.9 Å². The highest BCUT2D eigenvalue weighted by molar-refractivity contribution is 7.46. The van der Waals surface area contributed by atoms with Crippen molar-refractivity contribution in [1.82, 2.24) is 0 Å². The standard InChI is InChI=1S/C27H46O6P2/c1-17(2)25(33-35(29,30)31)11-6-18(3)22-9-10-23-21-8-7-19-16-20(32-34-28)12-14-26(19,4)24(21)13-15-27(22,23)5/h7,17-18,20-25H,6,8-16H2,1-5H3,(H2,29,30,31)/t18-,20+,21+,22-,23+,24+,25+,26+,27-/m1/s1. The number of phosphoric ester groups is 1. The van der Waals surface area contributed by atoms with Crippen LogP contribution in [0.5, 0.6) is 0 Å². The molecule has 3 saturated carbocycles.